The van der Waals surface area contributed by atoms with Crippen LogP contribution in [0.5, 0.6) is 11.5 Å². The number of ether oxygens (including phenoxy) is 1. The van der Waals surface area contributed by atoms with Gasteiger partial charge in [0.1, 0.15) is 0 Å². The quantitative estimate of drug-likeness (QED) is 0.558. The zero-order valence-corrected chi connectivity index (χ0v) is 13.1. The molecule has 2 aromatic heterocycles. The molecule has 0 aliphatic carbocycles. The van der Waals surface area contributed by atoms with E-state index < -0.39 is 5.91 Å². The number of carbonyl (C=O) groups is 1. The molecule has 0 bridgehead atoms. The van der Waals surface area contributed by atoms with Gasteiger partial charge >= 0.3 is 5.91 Å². The molecule has 2 N–H and O–H groups in total. The van der Waals surface area contributed by atoms with Gasteiger partial charge in [-0.15, -0.1) is 0 Å². The molecule has 0 radical (unpaired) electrons. The number of pyridine rings is 1. The summed E-state index contributed by atoms with van der Waals surface area (Å²) in [5, 5.41) is 13.4. The van der Waals surface area contributed by atoms with Crippen LogP contribution in [0.1, 0.15) is 16.2 Å². The molecule has 0 aliphatic rings. The van der Waals surface area contributed by atoms with Crippen LogP contribution in [-0.4, -0.2) is 38.9 Å². The highest BCUT2D eigenvalue weighted by atomic mass is 16.5. The van der Waals surface area contributed by atoms with Crippen LogP contribution in [0.4, 0.5) is 0 Å². The molecule has 0 saturated carbocycles. The molecule has 1 aromatic carbocycles. The van der Waals surface area contributed by atoms with Crippen LogP contribution in [0.25, 0.3) is 11.2 Å². The number of phenolic OH excluding ortho intramolecular Hbond substituents is 1. The number of rotatable bonds is 4. The van der Waals surface area contributed by atoms with Gasteiger partial charge in [0.2, 0.25) is 5.82 Å². The van der Waals surface area contributed by atoms with E-state index in [0.717, 1.165) is 5.52 Å². The van der Waals surface area contributed by atoms with Crippen molar-refractivity contribution in [3.63, 3.8) is 0 Å². The fourth-order valence-corrected chi connectivity index (χ4v) is 2.22. The predicted molar refractivity (Wildman–Crippen MR) is 88.2 cm³/mol. The van der Waals surface area contributed by atoms with Crippen molar-refractivity contribution < 1.29 is 14.6 Å². The van der Waals surface area contributed by atoms with Gasteiger partial charge in [0.15, 0.2) is 17.1 Å². The summed E-state index contributed by atoms with van der Waals surface area (Å²) in [5.41, 5.74) is 4.34. The predicted octanol–water partition coefficient (Wildman–Crippen LogP) is 1.45. The molecule has 2 heterocycles. The van der Waals surface area contributed by atoms with Crippen molar-refractivity contribution in [2.75, 3.05) is 7.11 Å². The SMILES string of the molecule is COc1cc(/C=N/NC(=O)c2nc3ncccc3n2C)ccc1O. The van der Waals surface area contributed by atoms with E-state index in [1.165, 1.54) is 19.4 Å². The zero-order valence-electron chi connectivity index (χ0n) is 13.1. The van der Waals surface area contributed by atoms with Crippen LogP contribution in [0.3, 0.4) is 0 Å². The van der Waals surface area contributed by atoms with E-state index in [2.05, 4.69) is 20.5 Å². The Morgan fingerprint density at radius 2 is 2.25 bits per heavy atom. The maximum Gasteiger partial charge on any atom is 0.307 e. The Morgan fingerprint density at radius 3 is 3.00 bits per heavy atom. The standard InChI is InChI=1S/C16H15N5O3/c1-21-11-4-3-7-17-14(11)19-15(21)16(23)20-18-9-10-5-6-12(22)13(8-10)24-2/h3-9,22H,1-2H3,(H,20,23)/b18-9+. The average molecular weight is 325 g/mol. The lowest BCUT2D eigenvalue weighted by Gasteiger charge is -2.03. The van der Waals surface area contributed by atoms with Crippen LogP contribution < -0.4 is 10.2 Å². The number of fused-ring (bicyclic) bond motifs is 1. The first-order chi connectivity index (χ1) is 11.6. The number of benzene rings is 1. The van der Waals surface area contributed by atoms with Gasteiger partial charge in [-0.1, -0.05) is 0 Å². The first kappa shape index (κ1) is 15.5. The molecule has 24 heavy (non-hydrogen) atoms. The molecule has 0 saturated heterocycles. The molecule has 3 rings (SSSR count). The summed E-state index contributed by atoms with van der Waals surface area (Å²) in [6, 6.07) is 8.34. The number of aromatic nitrogens is 3. The second-order valence-corrected chi connectivity index (χ2v) is 4.97. The Balaban J connectivity index is 1.76. The first-order valence-electron chi connectivity index (χ1n) is 7.08. The Hall–Kier alpha value is -3.42. The van der Waals surface area contributed by atoms with Crippen molar-refractivity contribution in [2.24, 2.45) is 12.1 Å². The van der Waals surface area contributed by atoms with Crippen molar-refractivity contribution in [2.45, 2.75) is 0 Å². The molecule has 8 heteroatoms. The summed E-state index contributed by atoms with van der Waals surface area (Å²) in [6.07, 6.45) is 3.06. The smallest absolute Gasteiger partial charge is 0.307 e. The number of hydrogen-bond acceptors (Lipinski definition) is 6. The number of methoxy groups -OCH3 is 1. The lowest BCUT2D eigenvalue weighted by molar-refractivity contribution is 0.0942. The molecule has 122 valence electrons. The Bertz CT molecular complexity index is 933. The van der Waals surface area contributed by atoms with Gasteiger partial charge in [0.25, 0.3) is 0 Å². The molecule has 0 spiro atoms. The maximum absolute atomic E-state index is 12.2. The summed E-state index contributed by atoms with van der Waals surface area (Å²) in [5.74, 6) is 0.124. The van der Waals surface area contributed by atoms with E-state index in [4.69, 9.17) is 4.74 Å². The molecule has 0 aliphatic heterocycles. The number of phenols is 1. The van der Waals surface area contributed by atoms with E-state index >= 15 is 0 Å². The van der Waals surface area contributed by atoms with E-state index in [1.807, 2.05) is 6.07 Å². The van der Waals surface area contributed by atoms with Crippen molar-refractivity contribution in [3.8, 4) is 11.5 Å². The lowest BCUT2D eigenvalue weighted by atomic mass is 10.2. The van der Waals surface area contributed by atoms with E-state index in [0.29, 0.717) is 17.0 Å². The highest BCUT2D eigenvalue weighted by molar-refractivity contribution is 5.94. The van der Waals surface area contributed by atoms with Gasteiger partial charge in [-0.25, -0.2) is 15.4 Å². The van der Waals surface area contributed by atoms with Crippen LogP contribution in [0.2, 0.25) is 0 Å². The lowest BCUT2D eigenvalue weighted by Crippen LogP contribution is -2.21. The largest absolute Gasteiger partial charge is 0.504 e. The van der Waals surface area contributed by atoms with Gasteiger partial charge in [-0.05, 0) is 35.9 Å². The molecule has 0 atom stereocenters. The minimum absolute atomic E-state index is 0.0332. The molecule has 1 amide bonds. The summed E-state index contributed by atoms with van der Waals surface area (Å²) in [7, 11) is 3.19. The number of amides is 1. The number of nitrogens with one attached hydrogen (secondary N) is 1. The molecule has 8 nitrogen and oxygen atoms in total. The topological polar surface area (TPSA) is 102 Å². The van der Waals surface area contributed by atoms with E-state index in [-0.39, 0.29) is 11.6 Å². The van der Waals surface area contributed by atoms with Crippen LogP contribution in [0, 0.1) is 0 Å². The fraction of sp³-hybridized carbons (Fsp3) is 0.125. The highest BCUT2D eigenvalue weighted by Crippen LogP contribution is 2.25. The third kappa shape index (κ3) is 2.89. The number of carbonyl (C=O) groups excluding carboxylic acids is 1. The zero-order chi connectivity index (χ0) is 17.1. The van der Waals surface area contributed by atoms with Gasteiger partial charge in [-0.3, -0.25) is 4.79 Å². The Labute approximate surface area is 137 Å². The maximum atomic E-state index is 12.2. The van der Waals surface area contributed by atoms with Crippen molar-refractivity contribution in [3.05, 3.63) is 47.9 Å². The summed E-state index contributed by atoms with van der Waals surface area (Å²) < 4.78 is 6.66. The van der Waals surface area contributed by atoms with Gasteiger partial charge < -0.3 is 14.4 Å². The molecular weight excluding hydrogens is 310 g/mol. The van der Waals surface area contributed by atoms with Gasteiger partial charge in [0, 0.05) is 13.2 Å². The third-order valence-electron chi connectivity index (χ3n) is 3.44. The fourth-order valence-electron chi connectivity index (χ4n) is 2.22. The minimum Gasteiger partial charge on any atom is -0.504 e. The number of imidazole rings is 1. The molecule has 0 fully saturated rings. The van der Waals surface area contributed by atoms with Crippen LogP contribution >= 0.6 is 0 Å². The second-order valence-electron chi connectivity index (χ2n) is 4.97. The highest BCUT2D eigenvalue weighted by Gasteiger charge is 2.15. The molecule has 3 aromatic rings. The number of aryl methyl sites for hydroxylation is 1. The van der Waals surface area contributed by atoms with Crippen LogP contribution in [0.15, 0.2) is 41.6 Å². The normalized spacial score (nSPS) is 11.1. The van der Waals surface area contributed by atoms with E-state index in [9.17, 15) is 9.90 Å². The number of hydrogen-bond donors (Lipinski definition) is 2. The molecular formula is C16H15N5O3. The number of nitrogens with zero attached hydrogens (tertiary/aromatic N) is 4. The first-order valence-corrected chi connectivity index (χ1v) is 7.08. The monoisotopic (exact) mass is 325 g/mol. The van der Waals surface area contributed by atoms with Crippen molar-refractivity contribution in [1.29, 1.82) is 0 Å². The Morgan fingerprint density at radius 1 is 1.42 bits per heavy atom. The summed E-state index contributed by atoms with van der Waals surface area (Å²) >= 11 is 0. The Kier molecular flexibility index (Phi) is 4.11. The average Bonchev–Trinajstić information content (AvgIpc) is 2.93. The number of hydrazone groups is 1. The summed E-state index contributed by atoms with van der Waals surface area (Å²) in [4.78, 5) is 20.5. The van der Waals surface area contributed by atoms with Gasteiger partial charge in [-0.2, -0.15) is 5.10 Å². The summed E-state index contributed by atoms with van der Waals surface area (Å²) in [6.45, 7) is 0. The molecule has 0 unspecified atom stereocenters. The minimum atomic E-state index is -0.447. The van der Waals surface area contributed by atoms with Gasteiger partial charge in [0.05, 0.1) is 18.8 Å². The number of aromatic hydroxyl groups is 1. The van der Waals surface area contributed by atoms with Crippen LogP contribution in [-0.2, 0) is 7.05 Å². The third-order valence-corrected chi connectivity index (χ3v) is 3.44. The van der Waals surface area contributed by atoms with E-state index in [1.54, 1.807) is 36.0 Å². The second kappa shape index (κ2) is 6.37. The van der Waals surface area contributed by atoms with Crippen molar-refractivity contribution in [1.82, 2.24) is 20.0 Å². The van der Waals surface area contributed by atoms with Crippen molar-refractivity contribution >= 4 is 23.3 Å².